The normalized spacial score (nSPS) is 45.2. The van der Waals surface area contributed by atoms with Crippen LogP contribution in [-0.4, -0.2) is 4.70 Å². The summed E-state index contributed by atoms with van der Waals surface area (Å²) in [6, 6.07) is 6.62. The van der Waals surface area contributed by atoms with E-state index in [2.05, 4.69) is 122 Å². The molecular formula is C25H27BINRb+. The van der Waals surface area contributed by atoms with Gasteiger partial charge in [0.1, 0.15) is 6.20 Å². The average molecular weight is 565 g/mol. The first-order valence-corrected chi connectivity index (χ1v) is 11.8. The predicted octanol–water partition coefficient (Wildman–Crippen LogP) is 2.74. The molecule has 2 bridgehead atoms. The zero-order valence-corrected chi connectivity index (χ0v) is 25.2. The van der Waals surface area contributed by atoms with Gasteiger partial charge in [0.15, 0.2) is 0 Å². The minimum atomic E-state index is 0. The third kappa shape index (κ3) is 2.52. The average Bonchev–Trinajstić information content (AvgIpc) is 2.77. The largest absolute Gasteiger partial charge is 1.00 e. The van der Waals surface area contributed by atoms with E-state index in [1.807, 2.05) is 0 Å². The number of nitrogens with zero attached hydrogens (tertiary/aromatic N) is 1. The first-order chi connectivity index (χ1) is 13.2. The van der Waals surface area contributed by atoms with E-state index in [1.54, 1.807) is 11.1 Å². The summed E-state index contributed by atoms with van der Waals surface area (Å²) in [5.74, 6) is 1.24. The van der Waals surface area contributed by atoms with Crippen LogP contribution < -0.4 is 62.7 Å². The zero-order valence-electron chi connectivity index (χ0n) is 18.1. The molecule has 2 heterocycles. The van der Waals surface area contributed by atoms with Crippen molar-refractivity contribution in [1.29, 1.82) is 0 Å². The number of hydrogen-bond donors (Lipinski definition) is 0. The molecule has 0 spiro atoms. The fraction of sp³-hybridized carbons (Fsp3) is 0.440. The molecule has 2 fully saturated rings. The maximum absolute atomic E-state index is 2.71. The van der Waals surface area contributed by atoms with E-state index in [4.69, 9.17) is 0 Å². The van der Waals surface area contributed by atoms with Crippen LogP contribution in [0.15, 0.2) is 72.0 Å². The number of fused-ring (bicyclic) bond motifs is 10. The number of halogens is 1. The summed E-state index contributed by atoms with van der Waals surface area (Å²) in [6.45, 7) is 9.95. The predicted molar refractivity (Wildman–Crippen MR) is 124 cm³/mol. The van der Waals surface area contributed by atoms with Crippen molar-refractivity contribution in [3.63, 3.8) is 0 Å². The summed E-state index contributed by atoms with van der Waals surface area (Å²) in [7, 11) is 0. The number of rotatable bonds is 0. The van der Waals surface area contributed by atoms with Gasteiger partial charge in [-0.15, -0.1) is 12.1 Å². The summed E-state index contributed by atoms with van der Waals surface area (Å²) in [4.78, 5) is 0. The van der Waals surface area contributed by atoms with Gasteiger partial charge >= 0.3 is 62.9 Å². The minimum absolute atomic E-state index is 0. The summed E-state index contributed by atoms with van der Waals surface area (Å²) in [6.07, 6.45) is 20.9. The smallest absolute Gasteiger partial charge is 0.307 e. The van der Waals surface area contributed by atoms with Crippen LogP contribution >= 0.6 is 22.4 Å². The molecule has 5 aliphatic rings. The molecule has 1 aromatic heterocycles. The van der Waals surface area contributed by atoms with E-state index in [0.717, 1.165) is 0 Å². The fourth-order valence-electron chi connectivity index (χ4n) is 7.28. The van der Waals surface area contributed by atoms with Crippen molar-refractivity contribution in [2.24, 2.45) is 27.6 Å². The van der Waals surface area contributed by atoms with Crippen molar-refractivity contribution in [3.8, 4) is 0 Å². The molecule has 6 atom stereocenters. The van der Waals surface area contributed by atoms with Crippen LogP contribution in [0.1, 0.15) is 39.8 Å². The Morgan fingerprint density at radius 2 is 1.62 bits per heavy atom. The molecule has 0 N–H and O–H groups in total. The molecule has 0 aromatic carbocycles. The fourth-order valence-corrected chi connectivity index (χ4v) is 8.99. The SMILES string of the molecule is CC12C=CC=CC(C)(C1)C1=CC3(C)C4B(I)[n+]5ccccc5[CH-]C4C3(C)C=C12.[Rb+]. The maximum atomic E-state index is 2.71. The minimum Gasteiger partial charge on any atom is -0.307 e. The van der Waals surface area contributed by atoms with Crippen LogP contribution in [0.4, 0.5) is 0 Å². The van der Waals surface area contributed by atoms with Gasteiger partial charge in [-0.25, -0.2) is 0 Å². The van der Waals surface area contributed by atoms with Gasteiger partial charge in [-0.3, -0.25) is 0 Å². The summed E-state index contributed by atoms with van der Waals surface area (Å²) >= 11 is 2.70. The molecule has 6 unspecified atom stereocenters. The van der Waals surface area contributed by atoms with Gasteiger partial charge in [0.25, 0.3) is 0 Å². The number of aromatic nitrogens is 1. The second-order valence-corrected chi connectivity index (χ2v) is 11.8. The molecule has 6 rings (SSSR count). The maximum Gasteiger partial charge on any atom is 1.00 e. The molecule has 0 radical (unpaired) electrons. The van der Waals surface area contributed by atoms with Crippen LogP contribution in [0.25, 0.3) is 0 Å². The van der Waals surface area contributed by atoms with Crippen molar-refractivity contribution in [3.05, 3.63) is 84.1 Å². The molecule has 4 aliphatic carbocycles. The van der Waals surface area contributed by atoms with Crippen LogP contribution in [0.3, 0.4) is 0 Å². The molecule has 1 aliphatic heterocycles. The van der Waals surface area contributed by atoms with Gasteiger partial charge in [0.05, 0.1) is 0 Å². The van der Waals surface area contributed by atoms with Crippen molar-refractivity contribution in [2.45, 2.75) is 39.9 Å². The van der Waals surface area contributed by atoms with Gasteiger partial charge in [-0.1, -0.05) is 70.1 Å². The van der Waals surface area contributed by atoms with Crippen molar-refractivity contribution in [1.82, 2.24) is 0 Å². The molecule has 2 saturated carbocycles. The Bertz CT molecular complexity index is 1040. The Morgan fingerprint density at radius 3 is 2.28 bits per heavy atom. The van der Waals surface area contributed by atoms with E-state index >= 15 is 0 Å². The zero-order chi connectivity index (χ0) is 19.5. The molecule has 142 valence electrons. The molecule has 4 heteroatoms. The second kappa shape index (κ2) is 6.56. The number of pyridine rings is 1. The first kappa shape index (κ1) is 21.4. The van der Waals surface area contributed by atoms with Crippen LogP contribution in [0.2, 0.25) is 5.82 Å². The van der Waals surface area contributed by atoms with Gasteiger partial charge in [-0.05, 0) is 56.8 Å². The quantitative estimate of drug-likeness (QED) is 0.259. The Hall–Kier alpha value is 0.580. The third-order valence-electron chi connectivity index (χ3n) is 8.95. The van der Waals surface area contributed by atoms with Crippen molar-refractivity contribution >= 4 is 27.1 Å². The number of allylic oxidation sites excluding steroid dienone is 8. The van der Waals surface area contributed by atoms with Crippen molar-refractivity contribution in [2.75, 3.05) is 0 Å². The standard InChI is InChI=1S/C25H27BIN.Rb/c1-22-10-6-7-11-23(2,16-22)20-15-25(4)21-18(24(25,3)14-19(20)22)13-17-9-5-8-12-28(17)26(21)27;/h5-15,18,21H,16H2,1-4H3;/q;+1. The van der Waals surface area contributed by atoms with Gasteiger partial charge in [-0.2, -0.15) is 6.42 Å². The van der Waals surface area contributed by atoms with Gasteiger partial charge < -0.3 is 4.48 Å². The molecule has 1 nitrogen and oxygen atoms in total. The van der Waals surface area contributed by atoms with E-state index < -0.39 is 0 Å². The first-order valence-electron chi connectivity index (χ1n) is 10.6. The van der Waals surface area contributed by atoms with E-state index in [9.17, 15) is 0 Å². The van der Waals surface area contributed by atoms with E-state index in [-0.39, 0.29) is 79.8 Å². The Morgan fingerprint density at radius 1 is 1.00 bits per heavy atom. The Labute approximate surface area is 238 Å². The topological polar surface area (TPSA) is 3.88 Å². The molecule has 1 aromatic rings. The van der Waals surface area contributed by atoms with Gasteiger partial charge in [0.2, 0.25) is 0 Å². The van der Waals surface area contributed by atoms with Crippen LogP contribution in [-0.2, 0) is 0 Å². The van der Waals surface area contributed by atoms with Crippen LogP contribution in [0, 0.1) is 34.0 Å². The van der Waals surface area contributed by atoms with Crippen molar-refractivity contribution < 1.29 is 62.7 Å². The molecule has 0 saturated heterocycles. The molecule has 29 heavy (non-hydrogen) atoms. The molecule has 0 amide bonds. The molecular weight excluding hydrogens is 537 g/mol. The van der Waals surface area contributed by atoms with E-state index in [1.165, 1.54) is 12.1 Å². The Balaban J connectivity index is 0.00000181. The summed E-state index contributed by atoms with van der Waals surface area (Å²) < 4.78 is 2.98. The monoisotopic (exact) mass is 564 g/mol. The second-order valence-electron chi connectivity index (χ2n) is 10.5. The third-order valence-corrected chi connectivity index (χ3v) is 10.3. The van der Waals surface area contributed by atoms with E-state index in [0.29, 0.717) is 16.4 Å². The van der Waals surface area contributed by atoms with Gasteiger partial charge in [0, 0.05) is 22.3 Å². The summed E-state index contributed by atoms with van der Waals surface area (Å²) in [5.41, 5.74) is 5.27. The Kier molecular flexibility index (Phi) is 4.84. The summed E-state index contributed by atoms with van der Waals surface area (Å²) in [5, 5.41) is 0. The number of hydrogen-bond acceptors (Lipinski definition) is 0. The van der Waals surface area contributed by atoms with Crippen LogP contribution in [0.5, 0.6) is 0 Å².